The second-order valence-electron chi connectivity index (χ2n) is 4.71. The van der Waals surface area contributed by atoms with Crippen molar-refractivity contribution in [3.63, 3.8) is 0 Å². The smallest absolute Gasteiger partial charge is 0.0294 e. The van der Waals surface area contributed by atoms with E-state index in [4.69, 9.17) is 23.2 Å². The molecule has 0 amide bonds. The fourth-order valence-electron chi connectivity index (χ4n) is 2.70. The molecule has 1 aliphatic rings. The van der Waals surface area contributed by atoms with Crippen LogP contribution in [0.2, 0.25) is 0 Å². The fourth-order valence-corrected chi connectivity index (χ4v) is 4.12. The summed E-state index contributed by atoms with van der Waals surface area (Å²) in [5, 5.41) is 0. The van der Waals surface area contributed by atoms with E-state index in [1.807, 2.05) is 11.8 Å². The van der Waals surface area contributed by atoms with Crippen molar-refractivity contribution < 1.29 is 0 Å². The van der Waals surface area contributed by atoms with Gasteiger partial charge in [-0.15, -0.1) is 23.2 Å². The van der Waals surface area contributed by atoms with Crippen LogP contribution in [0.15, 0.2) is 0 Å². The largest absolute Gasteiger partial charge is 0.165 e. The van der Waals surface area contributed by atoms with Crippen LogP contribution < -0.4 is 0 Å². The van der Waals surface area contributed by atoms with Crippen LogP contribution in [0, 0.1) is 11.3 Å². The van der Waals surface area contributed by atoms with Gasteiger partial charge in [0.1, 0.15) is 0 Å². The summed E-state index contributed by atoms with van der Waals surface area (Å²) in [6, 6.07) is 0. The van der Waals surface area contributed by atoms with Gasteiger partial charge in [0.25, 0.3) is 0 Å². The van der Waals surface area contributed by atoms with Crippen LogP contribution in [0.1, 0.15) is 38.5 Å². The topological polar surface area (TPSA) is 0 Å². The second kappa shape index (κ2) is 7.29. The van der Waals surface area contributed by atoms with Gasteiger partial charge in [-0.2, -0.15) is 11.8 Å². The summed E-state index contributed by atoms with van der Waals surface area (Å²) < 4.78 is 0. The maximum atomic E-state index is 6.19. The van der Waals surface area contributed by atoms with Gasteiger partial charge in [0, 0.05) is 17.2 Å². The Hall–Kier alpha value is 0.930. The Balaban J connectivity index is 2.50. The molecule has 15 heavy (non-hydrogen) atoms. The Bertz CT molecular complexity index is 163. The van der Waals surface area contributed by atoms with Crippen molar-refractivity contribution in [2.45, 2.75) is 38.5 Å². The van der Waals surface area contributed by atoms with E-state index in [0.29, 0.717) is 0 Å². The number of halogens is 2. The molecule has 0 nitrogen and oxygen atoms in total. The van der Waals surface area contributed by atoms with Gasteiger partial charge in [0.2, 0.25) is 0 Å². The number of hydrogen-bond acceptors (Lipinski definition) is 1. The Labute approximate surface area is 108 Å². The van der Waals surface area contributed by atoms with Gasteiger partial charge in [-0.3, -0.25) is 0 Å². The zero-order valence-corrected chi connectivity index (χ0v) is 11.9. The molecule has 0 spiro atoms. The summed E-state index contributed by atoms with van der Waals surface area (Å²) in [5.41, 5.74) is 0.231. The maximum absolute atomic E-state index is 6.19. The van der Waals surface area contributed by atoms with Crippen molar-refractivity contribution in [2.75, 3.05) is 23.8 Å². The molecule has 0 N–H and O–H groups in total. The quantitative estimate of drug-likeness (QED) is 0.473. The van der Waals surface area contributed by atoms with E-state index in [-0.39, 0.29) is 5.41 Å². The molecule has 1 rings (SSSR count). The third-order valence-electron chi connectivity index (χ3n) is 3.78. The molecule has 1 fully saturated rings. The van der Waals surface area contributed by atoms with E-state index in [2.05, 4.69) is 6.26 Å². The highest BCUT2D eigenvalue weighted by Gasteiger charge is 2.38. The highest BCUT2D eigenvalue weighted by molar-refractivity contribution is 7.98. The van der Waals surface area contributed by atoms with Crippen LogP contribution in [0.25, 0.3) is 0 Å². The van der Waals surface area contributed by atoms with Gasteiger partial charge in [-0.1, -0.05) is 12.8 Å². The molecule has 90 valence electrons. The standard InChI is InChI=1S/C12H22Cl2S/c1-15-8-4-7-12(9-13,10-14)11-5-2-3-6-11/h11H,2-10H2,1H3. The van der Waals surface area contributed by atoms with Crippen LogP contribution in [-0.2, 0) is 0 Å². The summed E-state index contributed by atoms with van der Waals surface area (Å²) >= 11 is 14.3. The SMILES string of the molecule is CSCCCC(CCl)(CCl)C1CCCC1. The molecule has 0 atom stereocenters. The highest BCUT2D eigenvalue weighted by Crippen LogP contribution is 2.45. The Kier molecular flexibility index (Phi) is 6.80. The third kappa shape index (κ3) is 3.71. The van der Waals surface area contributed by atoms with Crippen LogP contribution in [0.5, 0.6) is 0 Å². The van der Waals surface area contributed by atoms with Gasteiger partial charge < -0.3 is 0 Å². The first-order valence-corrected chi connectivity index (χ1v) is 8.36. The van der Waals surface area contributed by atoms with Gasteiger partial charge in [-0.05, 0) is 43.6 Å². The van der Waals surface area contributed by atoms with E-state index < -0.39 is 0 Å². The van der Waals surface area contributed by atoms with Crippen molar-refractivity contribution in [3.05, 3.63) is 0 Å². The van der Waals surface area contributed by atoms with Crippen LogP contribution in [-0.4, -0.2) is 23.8 Å². The molecule has 0 radical (unpaired) electrons. The van der Waals surface area contributed by atoms with Crippen molar-refractivity contribution in [2.24, 2.45) is 11.3 Å². The summed E-state index contributed by atoms with van der Waals surface area (Å²) in [6.45, 7) is 0. The zero-order chi connectivity index (χ0) is 11.1. The molecule has 0 saturated heterocycles. The van der Waals surface area contributed by atoms with Crippen LogP contribution in [0.4, 0.5) is 0 Å². The van der Waals surface area contributed by atoms with E-state index in [9.17, 15) is 0 Å². The lowest BCUT2D eigenvalue weighted by Gasteiger charge is -2.36. The third-order valence-corrected chi connectivity index (χ3v) is 5.54. The summed E-state index contributed by atoms with van der Waals surface area (Å²) in [6.07, 6.45) is 10.1. The summed E-state index contributed by atoms with van der Waals surface area (Å²) in [5.74, 6) is 3.52. The average molecular weight is 269 g/mol. The molecule has 1 aliphatic carbocycles. The number of rotatable bonds is 7. The van der Waals surface area contributed by atoms with Crippen molar-refractivity contribution >= 4 is 35.0 Å². The number of hydrogen-bond donors (Lipinski definition) is 0. The Morgan fingerprint density at radius 1 is 1.20 bits per heavy atom. The summed E-state index contributed by atoms with van der Waals surface area (Å²) in [7, 11) is 0. The van der Waals surface area contributed by atoms with Crippen LogP contribution >= 0.6 is 35.0 Å². The van der Waals surface area contributed by atoms with Gasteiger partial charge in [-0.25, -0.2) is 0 Å². The van der Waals surface area contributed by atoms with Crippen LogP contribution in [0.3, 0.4) is 0 Å². The normalized spacial score (nSPS) is 18.6. The van der Waals surface area contributed by atoms with E-state index in [1.54, 1.807) is 0 Å². The molecular formula is C12H22Cl2S. The second-order valence-corrected chi connectivity index (χ2v) is 6.23. The number of alkyl halides is 2. The highest BCUT2D eigenvalue weighted by atomic mass is 35.5. The zero-order valence-electron chi connectivity index (χ0n) is 9.61. The molecular weight excluding hydrogens is 247 g/mol. The van der Waals surface area contributed by atoms with Gasteiger partial charge in [0.15, 0.2) is 0 Å². The first-order chi connectivity index (χ1) is 7.29. The van der Waals surface area contributed by atoms with Crippen molar-refractivity contribution in [1.82, 2.24) is 0 Å². The molecule has 0 bridgehead atoms. The van der Waals surface area contributed by atoms with Crippen molar-refractivity contribution in [3.8, 4) is 0 Å². The number of thioether (sulfide) groups is 1. The maximum Gasteiger partial charge on any atom is 0.0294 e. The first-order valence-electron chi connectivity index (χ1n) is 5.90. The molecule has 0 aliphatic heterocycles. The van der Waals surface area contributed by atoms with Gasteiger partial charge in [0.05, 0.1) is 0 Å². The lowest BCUT2D eigenvalue weighted by Crippen LogP contribution is -2.33. The average Bonchev–Trinajstić information content (AvgIpc) is 2.79. The molecule has 0 heterocycles. The minimum atomic E-state index is 0.231. The summed E-state index contributed by atoms with van der Waals surface area (Å²) in [4.78, 5) is 0. The lowest BCUT2D eigenvalue weighted by molar-refractivity contribution is 0.207. The van der Waals surface area contributed by atoms with E-state index in [1.165, 1.54) is 44.3 Å². The minimum Gasteiger partial charge on any atom is -0.165 e. The molecule has 0 aromatic carbocycles. The van der Waals surface area contributed by atoms with Gasteiger partial charge >= 0.3 is 0 Å². The predicted octanol–water partition coefficient (Wildman–Crippen LogP) is 4.78. The van der Waals surface area contributed by atoms with E-state index >= 15 is 0 Å². The molecule has 3 heteroatoms. The monoisotopic (exact) mass is 268 g/mol. The molecule has 0 aromatic rings. The predicted molar refractivity (Wildman–Crippen MR) is 73.4 cm³/mol. The Morgan fingerprint density at radius 2 is 1.80 bits per heavy atom. The first kappa shape index (κ1) is 14.0. The lowest BCUT2D eigenvalue weighted by atomic mass is 9.74. The molecule has 0 unspecified atom stereocenters. The molecule has 1 saturated carbocycles. The van der Waals surface area contributed by atoms with E-state index in [0.717, 1.165) is 17.7 Å². The molecule has 0 aromatic heterocycles. The fraction of sp³-hybridized carbons (Fsp3) is 1.00. The van der Waals surface area contributed by atoms with Crippen molar-refractivity contribution in [1.29, 1.82) is 0 Å². The minimum absolute atomic E-state index is 0.231. The Morgan fingerprint density at radius 3 is 2.27 bits per heavy atom.